The Kier molecular flexibility index (Phi) is 4.56. The Morgan fingerprint density at radius 2 is 2.08 bits per heavy atom. The highest BCUT2D eigenvalue weighted by atomic mass is 32.2. The van der Waals surface area contributed by atoms with Gasteiger partial charge in [-0.2, -0.15) is 13.2 Å². The van der Waals surface area contributed by atoms with Crippen LogP contribution in [0.5, 0.6) is 0 Å². The molecule has 1 aromatic rings. The van der Waals surface area contributed by atoms with E-state index in [-0.39, 0.29) is 11.8 Å². The highest BCUT2D eigenvalue weighted by molar-refractivity contribution is 7.92. The van der Waals surface area contributed by atoms with Crippen LogP contribution < -0.4 is 4.72 Å². The maximum Gasteiger partial charge on any atom is 0.389 e. The Labute approximate surface area is 146 Å². The summed E-state index contributed by atoms with van der Waals surface area (Å²) in [6.45, 7) is 4.15. The molecule has 3 atom stereocenters. The molecule has 1 aliphatic heterocycles. The minimum Gasteiger partial charge on any atom is -0.302 e. The van der Waals surface area contributed by atoms with Gasteiger partial charge in [0.15, 0.2) is 0 Å². The summed E-state index contributed by atoms with van der Waals surface area (Å²) in [6.07, 6.45) is -3.61. The highest BCUT2D eigenvalue weighted by Gasteiger charge is 2.66. The number of nitrogens with one attached hydrogen (secondary N) is 1. The average molecular weight is 376 g/mol. The van der Waals surface area contributed by atoms with Crippen molar-refractivity contribution >= 4 is 15.7 Å². The van der Waals surface area contributed by atoms with Crippen molar-refractivity contribution < 1.29 is 21.6 Å². The molecule has 0 aromatic heterocycles. The lowest BCUT2D eigenvalue weighted by Crippen LogP contribution is -2.30. The van der Waals surface area contributed by atoms with E-state index in [4.69, 9.17) is 0 Å². The molecule has 140 valence electrons. The molecule has 2 aliphatic rings. The second kappa shape index (κ2) is 6.16. The lowest BCUT2D eigenvalue weighted by Gasteiger charge is -2.23. The fourth-order valence-electron chi connectivity index (χ4n) is 4.35. The van der Waals surface area contributed by atoms with Crippen molar-refractivity contribution in [3.63, 3.8) is 0 Å². The largest absolute Gasteiger partial charge is 0.389 e. The summed E-state index contributed by atoms with van der Waals surface area (Å²) in [5.74, 6) is 0.881. The van der Waals surface area contributed by atoms with Crippen molar-refractivity contribution in [3.8, 4) is 0 Å². The predicted molar refractivity (Wildman–Crippen MR) is 91.0 cm³/mol. The number of hydrogen-bond acceptors (Lipinski definition) is 3. The topological polar surface area (TPSA) is 49.4 Å². The monoisotopic (exact) mass is 376 g/mol. The fraction of sp³-hybridized carbons (Fsp3) is 0.647. The van der Waals surface area contributed by atoms with Crippen LogP contribution >= 0.6 is 0 Å². The van der Waals surface area contributed by atoms with Crippen LogP contribution in [0.4, 0.5) is 18.9 Å². The molecule has 8 heteroatoms. The number of likely N-dealkylation sites (tertiary alicyclic amines) is 1. The molecule has 1 aliphatic carbocycles. The van der Waals surface area contributed by atoms with Crippen LogP contribution in [-0.2, 0) is 15.4 Å². The second-order valence-corrected chi connectivity index (χ2v) is 9.09. The van der Waals surface area contributed by atoms with Crippen LogP contribution in [-0.4, -0.2) is 45.4 Å². The zero-order valence-corrected chi connectivity index (χ0v) is 15.1. The van der Waals surface area contributed by atoms with Crippen molar-refractivity contribution in [1.29, 1.82) is 0 Å². The van der Waals surface area contributed by atoms with Gasteiger partial charge in [0.25, 0.3) is 0 Å². The van der Waals surface area contributed by atoms with Crippen molar-refractivity contribution in [2.24, 2.45) is 11.8 Å². The van der Waals surface area contributed by atoms with Gasteiger partial charge in [-0.05, 0) is 42.5 Å². The summed E-state index contributed by atoms with van der Waals surface area (Å²) in [5, 5.41) is 0. The number of benzene rings is 1. The smallest absolute Gasteiger partial charge is 0.302 e. The van der Waals surface area contributed by atoms with Gasteiger partial charge in [-0.3, -0.25) is 4.72 Å². The van der Waals surface area contributed by atoms with Gasteiger partial charge in [-0.1, -0.05) is 19.1 Å². The van der Waals surface area contributed by atoms with Crippen LogP contribution in [0, 0.1) is 11.8 Å². The first-order valence-electron chi connectivity index (χ1n) is 8.39. The van der Waals surface area contributed by atoms with Gasteiger partial charge in [-0.25, -0.2) is 8.42 Å². The molecule has 1 saturated carbocycles. The number of sulfonamides is 1. The van der Waals surface area contributed by atoms with Gasteiger partial charge in [0.05, 0.1) is 6.26 Å². The van der Waals surface area contributed by atoms with Gasteiger partial charge in [-0.15, -0.1) is 0 Å². The van der Waals surface area contributed by atoms with E-state index in [0.717, 1.165) is 24.9 Å². The molecule has 1 aromatic carbocycles. The van der Waals surface area contributed by atoms with Gasteiger partial charge < -0.3 is 4.90 Å². The first kappa shape index (κ1) is 18.5. The third-order valence-corrected chi connectivity index (χ3v) is 6.15. The van der Waals surface area contributed by atoms with Crippen molar-refractivity contribution in [1.82, 2.24) is 4.90 Å². The van der Waals surface area contributed by atoms with Gasteiger partial charge in [0.2, 0.25) is 10.0 Å². The fourth-order valence-corrected chi connectivity index (χ4v) is 4.90. The van der Waals surface area contributed by atoms with E-state index < -0.39 is 22.6 Å². The molecular weight excluding hydrogens is 353 g/mol. The number of nitrogens with zero attached hydrogens (tertiary/aromatic N) is 1. The molecular formula is C17H23F3N2O2S. The minimum atomic E-state index is -4.10. The van der Waals surface area contributed by atoms with E-state index in [9.17, 15) is 21.6 Å². The molecule has 4 nitrogen and oxygen atoms in total. The molecule has 1 N–H and O–H groups in total. The molecule has 0 amide bonds. The minimum absolute atomic E-state index is 0.0621. The maximum absolute atomic E-state index is 12.3. The summed E-state index contributed by atoms with van der Waals surface area (Å²) >= 11 is 0. The Balaban J connectivity index is 1.69. The van der Waals surface area contributed by atoms with Crippen LogP contribution in [0.1, 0.15) is 25.3 Å². The number of hydrogen-bond donors (Lipinski definition) is 1. The van der Waals surface area contributed by atoms with Gasteiger partial charge in [0.1, 0.15) is 0 Å². The Bertz CT molecular complexity index is 751. The quantitative estimate of drug-likeness (QED) is 0.829. The summed E-state index contributed by atoms with van der Waals surface area (Å²) in [5.41, 5.74) is 1.53. The second-order valence-electron chi connectivity index (χ2n) is 7.34. The number of piperidine rings is 1. The standard InChI is InChI=1S/C17H23F3N2O2S/c1-12-15-10-22(8-4-7-17(18,19)20)11-16(12,15)13-5-3-6-14(9-13)21-25(2,23)24/h3,5-6,9,12,15,21H,4,7-8,10-11H2,1-2H3. The third kappa shape index (κ3) is 3.95. The molecule has 25 heavy (non-hydrogen) atoms. The number of fused-ring (bicyclic) bond motifs is 1. The zero-order chi connectivity index (χ0) is 18.5. The SMILES string of the molecule is CC1C2CN(CCCC(F)(F)F)CC12c1cccc(NS(C)(=O)=O)c1. The normalized spacial score (nSPS) is 29.5. The van der Waals surface area contributed by atoms with Crippen LogP contribution in [0.15, 0.2) is 24.3 Å². The predicted octanol–water partition coefficient (Wildman–Crippen LogP) is 3.22. The van der Waals surface area contributed by atoms with Crippen molar-refractivity contribution in [2.45, 2.75) is 31.4 Å². The Morgan fingerprint density at radius 3 is 2.72 bits per heavy atom. The maximum atomic E-state index is 12.3. The molecule has 1 heterocycles. The van der Waals surface area contributed by atoms with Crippen LogP contribution in [0.25, 0.3) is 0 Å². The molecule has 1 saturated heterocycles. The van der Waals surface area contributed by atoms with E-state index in [2.05, 4.69) is 16.5 Å². The number of alkyl halides is 3. The van der Waals surface area contributed by atoms with Gasteiger partial charge >= 0.3 is 6.18 Å². The summed E-state index contributed by atoms with van der Waals surface area (Å²) < 4.78 is 62.3. The zero-order valence-electron chi connectivity index (χ0n) is 14.3. The molecule has 0 bridgehead atoms. The van der Waals surface area contributed by atoms with Crippen LogP contribution in [0.2, 0.25) is 0 Å². The lowest BCUT2D eigenvalue weighted by atomic mass is 9.92. The number of halogens is 3. The molecule has 0 radical (unpaired) electrons. The van der Waals surface area contributed by atoms with E-state index >= 15 is 0 Å². The van der Waals surface area contributed by atoms with E-state index in [0.29, 0.717) is 24.1 Å². The first-order chi connectivity index (χ1) is 11.5. The average Bonchev–Trinajstić information content (AvgIpc) is 2.85. The summed E-state index contributed by atoms with van der Waals surface area (Å²) in [4.78, 5) is 2.10. The molecule has 3 unspecified atom stereocenters. The van der Waals surface area contributed by atoms with Crippen molar-refractivity contribution in [2.75, 3.05) is 30.6 Å². The van der Waals surface area contributed by atoms with E-state index in [1.54, 1.807) is 6.07 Å². The number of rotatable bonds is 6. The summed E-state index contributed by atoms with van der Waals surface area (Å²) in [6, 6.07) is 7.38. The van der Waals surface area contributed by atoms with Crippen molar-refractivity contribution in [3.05, 3.63) is 29.8 Å². The van der Waals surface area contributed by atoms with Crippen LogP contribution in [0.3, 0.4) is 0 Å². The highest BCUT2D eigenvalue weighted by Crippen LogP contribution is 2.64. The lowest BCUT2D eigenvalue weighted by molar-refractivity contribution is -0.136. The molecule has 0 spiro atoms. The molecule has 3 rings (SSSR count). The van der Waals surface area contributed by atoms with E-state index in [1.165, 1.54) is 0 Å². The Hall–Kier alpha value is -1.28. The molecule has 2 fully saturated rings. The first-order valence-corrected chi connectivity index (χ1v) is 10.3. The Morgan fingerprint density at radius 1 is 1.36 bits per heavy atom. The summed E-state index contributed by atoms with van der Waals surface area (Å²) in [7, 11) is -3.34. The van der Waals surface area contributed by atoms with Gasteiger partial charge in [0, 0.05) is 30.6 Å². The van der Waals surface area contributed by atoms with E-state index in [1.807, 2.05) is 18.2 Å². The number of anilines is 1. The third-order valence-electron chi connectivity index (χ3n) is 5.55.